The van der Waals surface area contributed by atoms with Gasteiger partial charge in [0.2, 0.25) is 0 Å². The van der Waals surface area contributed by atoms with Crippen molar-refractivity contribution in [1.82, 2.24) is 15.1 Å². The number of hydrogen-bond donors (Lipinski definition) is 2. The number of piperidine rings is 1. The highest BCUT2D eigenvalue weighted by molar-refractivity contribution is 6.04. The largest absolute Gasteiger partial charge is 0.427 e. The maximum absolute atomic E-state index is 12.3. The van der Waals surface area contributed by atoms with E-state index in [1.165, 1.54) is 0 Å². The number of carbonyl (C=O) groups excluding carboxylic acids is 1. The Morgan fingerprint density at radius 3 is 2.71 bits per heavy atom. The smallest absolute Gasteiger partial charge is 0.349 e. The summed E-state index contributed by atoms with van der Waals surface area (Å²) in [4.78, 5) is 24.6. The van der Waals surface area contributed by atoms with E-state index >= 15 is 0 Å². The number of carbonyl (C=O) groups is 1. The van der Waals surface area contributed by atoms with Crippen LogP contribution in [0.1, 0.15) is 40.4 Å². The van der Waals surface area contributed by atoms with E-state index in [2.05, 4.69) is 15.7 Å². The lowest BCUT2D eigenvalue weighted by Crippen LogP contribution is -2.28. The van der Waals surface area contributed by atoms with Crippen molar-refractivity contribution in [2.45, 2.75) is 25.7 Å². The third-order valence-corrected chi connectivity index (χ3v) is 4.09. The maximum Gasteiger partial charge on any atom is 0.349 e. The highest BCUT2D eigenvalue weighted by Crippen LogP contribution is 2.25. The summed E-state index contributed by atoms with van der Waals surface area (Å²) in [6, 6.07) is 3.48. The third-order valence-electron chi connectivity index (χ3n) is 4.09. The SMILES string of the molecule is Cc1cc(C2CCNCC2)oc(=O)c1C(=O)Nc1ccn(C)n1.Cl. The van der Waals surface area contributed by atoms with Gasteiger partial charge in [0, 0.05) is 25.2 Å². The van der Waals surface area contributed by atoms with E-state index in [4.69, 9.17) is 4.42 Å². The molecule has 7 nitrogen and oxygen atoms in total. The fourth-order valence-electron chi connectivity index (χ4n) is 2.87. The molecule has 8 heteroatoms. The first-order valence-electron chi connectivity index (χ1n) is 7.71. The average molecular weight is 353 g/mol. The zero-order valence-corrected chi connectivity index (χ0v) is 14.5. The molecule has 0 spiro atoms. The molecule has 24 heavy (non-hydrogen) atoms. The molecule has 130 valence electrons. The Bertz CT molecular complexity index is 778. The van der Waals surface area contributed by atoms with Crippen molar-refractivity contribution in [3.63, 3.8) is 0 Å². The predicted octanol–water partition coefficient (Wildman–Crippen LogP) is 1.82. The van der Waals surface area contributed by atoms with Crippen LogP contribution in [0, 0.1) is 6.92 Å². The van der Waals surface area contributed by atoms with Gasteiger partial charge in [0.05, 0.1) is 0 Å². The maximum atomic E-state index is 12.3. The molecule has 1 amide bonds. The quantitative estimate of drug-likeness (QED) is 0.879. The standard InChI is InChI=1S/C16H20N4O3.ClH/c1-10-9-12(11-3-6-17-7-4-11)23-16(22)14(10)15(21)18-13-5-8-20(2)19-13;/h5,8-9,11,17H,3-4,6-7H2,1-2H3,(H,18,19,21);1H. The zero-order valence-electron chi connectivity index (χ0n) is 13.7. The number of nitrogens with one attached hydrogen (secondary N) is 2. The van der Waals surface area contributed by atoms with Gasteiger partial charge in [-0.25, -0.2) is 4.79 Å². The Kier molecular flexibility index (Phi) is 5.80. The van der Waals surface area contributed by atoms with E-state index in [0.29, 0.717) is 17.1 Å². The summed E-state index contributed by atoms with van der Waals surface area (Å²) in [6.07, 6.45) is 3.58. The van der Waals surface area contributed by atoms with Crippen LogP contribution in [0.4, 0.5) is 5.82 Å². The first kappa shape index (κ1) is 18.2. The number of aryl methyl sites for hydroxylation is 2. The fourth-order valence-corrected chi connectivity index (χ4v) is 2.87. The minimum Gasteiger partial charge on any atom is -0.427 e. The van der Waals surface area contributed by atoms with Gasteiger partial charge in [-0.2, -0.15) is 5.10 Å². The highest BCUT2D eigenvalue weighted by atomic mass is 35.5. The van der Waals surface area contributed by atoms with E-state index < -0.39 is 11.5 Å². The number of amides is 1. The van der Waals surface area contributed by atoms with E-state index in [-0.39, 0.29) is 23.9 Å². The van der Waals surface area contributed by atoms with Crippen LogP contribution in [0.3, 0.4) is 0 Å². The molecule has 2 N–H and O–H groups in total. The van der Waals surface area contributed by atoms with Crippen LogP contribution in [0.25, 0.3) is 0 Å². The molecule has 3 heterocycles. The van der Waals surface area contributed by atoms with Gasteiger partial charge in [-0.15, -0.1) is 12.4 Å². The van der Waals surface area contributed by atoms with E-state index in [1.807, 2.05) is 6.07 Å². The predicted molar refractivity (Wildman–Crippen MR) is 93.0 cm³/mol. The third kappa shape index (κ3) is 3.85. The van der Waals surface area contributed by atoms with Crippen LogP contribution in [0.2, 0.25) is 0 Å². The second-order valence-electron chi connectivity index (χ2n) is 5.85. The molecule has 0 bridgehead atoms. The summed E-state index contributed by atoms with van der Waals surface area (Å²) in [5, 5.41) is 9.97. The Morgan fingerprint density at radius 2 is 2.12 bits per heavy atom. The molecule has 1 aliphatic heterocycles. The molecule has 1 fully saturated rings. The first-order chi connectivity index (χ1) is 11.0. The lowest BCUT2D eigenvalue weighted by molar-refractivity contribution is 0.102. The van der Waals surface area contributed by atoms with E-state index in [9.17, 15) is 9.59 Å². The number of halogens is 1. The molecule has 2 aromatic rings. The molecule has 1 saturated heterocycles. The minimum atomic E-state index is -0.591. The Labute approximate surface area is 145 Å². The summed E-state index contributed by atoms with van der Waals surface area (Å²) < 4.78 is 7.00. The van der Waals surface area contributed by atoms with Crippen LogP contribution in [-0.4, -0.2) is 28.8 Å². The molecule has 2 aromatic heterocycles. The highest BCUT2D eigenvalue weighted by Gasteiger charge is 2.22. The molecular weight excluding hydrogens is 332 g/mol. The number of rotatable bonds is 3. The fraction of sp³-hybridized carbons (Fsp3) is 0.438. The molecular formula is C16H21ClN4O3. The van der Waals surface area contributed by atoms with Gasteiger partial charge in [0.25, 0.3) is 5.91 Å². The van der Waals surface area contributed by atoms with E-state index in [0.717, 1.165) is 25.9 Å². The van der Waals surface area contributed by atoms with Crippen LogP contribution >= 0.6 is 12.4 Å². The van der Waals surface area contributed by atoms with Gasteiger partial charge in [-0.1, -0.05) is 0 Å². The van der Waals surface area contributed by atoms with Crippen molar-refractivity contribution in [2.75, 3.05) is 18.4 Å². The van der Waals surface area contributed by atoms with Crippen LogP contribution < -0.4 is 16.3 Å². The molecule has 0 aliphatic carbocycles. The van der Waals surface area contributed by atoms with Crippen LogP contribution in [-0.2, 0) is 7.05 Å². The van der Waals surface area contributed by atoms with E-state index in [1.54, 1.807) is 30.9 Å². The molecule has 0 atom stereocenters. The monoisotopic (exact) mass is 352 g/mol. The van der Waals surface area contributed by atoms with Crippen molar-refractivity contribution in [1.29, 1.82) is 0 Å². The molecule has 0 aromatic carbocycles. The molecule has 0 radical (unpaired) electrons. The van der Waals surface area contributed by atoms with Crippen molar-refractivity contribution in [2.24, 2.45) is 7.05 Å². The zero-order chi connectivity index (χ0) is 16.4. The molecule has 0 saturated carbocycles. The topological polar surface area (TPSA) is 89.2 Å². The summed E-state index contributed by atoms with van der Waals surface area (Å²) in [7, 11) is 1.75. The number of hydrogen-bond acceptors (Lipinski definition) is 5. The summed E-state index contributed by atoms with van der Waals surface area (Å²) in [5.41, 5.74) is 0.0727. The lowest BCUT2D eigenvalue weighted by Gasteiger charge is -2.21. The number of anilines is 1. The minimum absolute atomic E-state index is 0. The Morgan fingerprint density at radius 1 is 1.42 bits per heavy atom. The first-order valence-corrected chi connectivity index (χ1v) is 7.71. The van der Waals surface area contributed by atoms with Crippen LogP contribution in [0.15, 0.2) is 27.5 Å². The van der Waals surface area contributed by atoms with Gasteiger partial charge >= 0.3 is 5.63 Å². The number of aromatic nitrogens is 2. The van der Waals surface area contributed by atoms with Gasteiger partial charge in [0.15, 0.2) is 5.82 Å². The molecule has 0 unspecified atom stereocenters. The summed E-state index contributed by atoms with van der Waals surface area (Å²) in [6.45, 7) is 3.58. The normalized spacial score (nSPS) is 14.9. The van der Waals surface area contributed by atoms with Crippen molar-refractivity contribution in [3.05, 3.63) is 45.6 Å². The Balaban J connectivity index is 0.00000208. The van der Waals surface area contributed by atoms with Crippen molar-refractivity contribution in [3.8, 4) is 0 Å². The second-order valence-corrected chi connectivity index (χ2v) is 5.85. The Hall–Kier alpha value is -2.12. The van der Waals surface area contributed by atoms with Gasteiger partial charge < -0.3 is 15.1 Å². The number of nitrogens with zero attached hydrogens (tertiary/aromatic N) is 2. The average Bonchev–Trinajstić information content (AvgIpc) is 2.92. The summed E-state index contributed by atoms with van der Waals surface area (Å²) in [5.74, 6) is 0.810. The molecule has 3 rings (SSSR count). The van der Waals surface area contributed by atoms with Gasteiger partial charge in [0.1, 0.15) is 11.3 Å². The van der Waals surface area contributed by atoms with Gasteiger partial charge in [-0.3, -0.25) is 9.48 Å². The van der Waals surface area contributed by atoms with Crippen LogP contribution in [0.5, 0.6) is 0 Å². The second kappa shape index (κ2) is 7.63. The molecule has 1 aliphatic rings. The van der Waals surface area contributed by atoms with Crippen molar-refractivity contribution >= 4 is 24.1 Å². The summed E-state index contributed by atoms with van der Waals surface area (Å²) >= 11 is 0. The lowest BCUT2D eigenvalue weighted by atomic mass is 9.94. The van der Waals surface area contributed by atoms with Gasteiger partial charge in [-0.05, 0) is 44.5 Å². The van der Waals surface area contributed by atoms with Crippen molar-refractivity contribution < 1.29 is 9.21 Å².